The Labute approximate surface area is 132 Å². The molecule has 0 aliphatic carbocycles. The number of anilines is 1. The SMILES string of the molecule is N#C[C@@H](C(=O)/C=C/c1ccc(F)cc1)C(=O)Nc1ccccc1. The molecular formula is C18H13FN2O2. The van der Waals surface area contributed by atoms with E-state index in [0.717, 1.165) is 6.08 Å². The fourth-order valence-electron chi connectivity index (χ4n) is 1.84. The number of carbonyl (C=O) groups excluding carboxylic acids is 2. The van der Waals surface area contributed by atoms with Crippen molar-refractivity contribution >= 4 is 23.5 Å². The van der Waals surface area contributed by atoms with Gasteiger partial charge in [-0.3, -0.25) is 9.59 Å². The largest absolute Gasteiger partial charge is 0.325 e. The summed E-state index contributed by atoms with van der Waals surface area (Å²) in [4.78, 5) is 24.0. The van der Waals surface area contributed by atoms with Crippen molar-refractivity contribution in [2.45, 2.75) is 0 Å². The number of ketones is 1. The summed E-state index contributed by atoms with van der Waals surface area (Å²) >= 11 is 0. The van der Waals surface area contributed by atoms with Gasteiger partial charge in [-0.15, -0.1) is 0 Å². The third-order valence-electron chi connectivity index (χ3n) is 3.03. The van der Waals surface area contributed by atoms with Crippen molar-refractivity contribution in [2.24, 2.45) is 5.92 Å². The summed E-state index contributed by atoms with van der Waals surface area (Å²) in [6, 6.07) is 15.8. The number of rotatable bonds is 5. The number of carbonyl (C=O) groups is 2. The van der Waals surface area contributed by atoms with E-state index in [2.05, 4.69) is 5.32 Å². The van der Waals surface area contributed by atoms with Crippen molar-refractivity contribution in [3.63, 3.8) is 0 Å². The molecule has 4 nitrogen and oxygen atoms in total. The second kappa shape index (κ2) is 7.66. The Morgan fingerprint density at radius 2 is 1.74 bits per heavy atom. The number of nitriles is 1. The van der Waals surface area contributed by atoms with Gasteiger partial charge in [0.05, 0.1) is 6.07 Å². The summed E-state index contributed by atoms with van der Waals surface area (Å²) in [5, 5.41) is 11.6. The Balaban J connectivity index is 2.05. The fraction of sp³-hybridized carbons (Fsp3) is 0.0556. The number of hydrogen-bond acceptors (Lipinski definition) is 3. The minimum Gasteiger partial charge on any atom is -0.325 e. The van der Waals surface area contributed by atoms with E-state index in [1.807, 2.05) is 0 Å². The first kappa shape index (κ1) is 16.1. The monoisotopic (exact) mass is 308 g/mol. The van der Waals surface area contributed by atoms with E-state index >= 15 is 0 Å². The molecule has 1 N–H and O–H groups in total. The summed E-state index contributed by atoms with van der Waals surface area (Å²) in [7, 11) is 0. The van der Waals surface area contributed by atoms with Gasteiger partial charge >= 0.3 is 0 Å². The van der Waals surface area contributed by atoms with Crippen molar-refractivity contribution in [2.75, 3.05) is 5.32 Å². The van der Waals surface area contributed by atoms with Crippen LogP contribution in [0.2, 0.25) is 0 Å². The topological polar surface area (TPSA) is 70.0 Å². The zero-order chi connectivity index (χ0) is 16.7. The molecule has 23 heavy (non-hydrogen) atoms. The molecule has 0 fully saturated rings. The molecule has 0 unspecified atom stereocenters. The van der Waals surface area contributed by atoms with Gasteiger partial charge in [0.25, 0.3) is 0 Å². The molecule has 2 aromatic carbocycles. The number of benzene rings is 2. The lowest BCUT2D eigenvalue weighted by molar-refractivity contribution is -0.126. The molecule has 0 radical (unpaired) electrons. The Bertz CT molecular complexity index is 762. The Kier molecular flexibility index (Phi) is 5.37. The molecule has 2 rings (SSSR count). The fourth-order valence-corrected chi connectivity index (χ4v) is 1.84. The normalized spacial score (nSPS) is 11.7. The molecule has 1 amide bonds. The van der Waals surface area contributed by atoms with E-state index in [0.29, 0.717) is 11.3 Å². The van der Waals surface area contributed by atoms with Crippen molar-refractivity contribution in [3.8, 4) is 6.07 Å². The maximum atomic E-state index is 12.8. The molecule has 2 aromatic rings. The summed E-state index contributed by atoms with van der Waals surface area (Å²) in [6.45, 7) is 0. The van der Waals surface area contributed by atoms with Crippen LogP contribution in [0.25, 0.3) is 6.08 Å². The molecule has 0 aliphatic heterocycles. The van der Waals surface area contributed by atoms with Crippen LogP contribution in [0.4, 0.5) is 10.1 Å². The zero-order valence-corrected chi connectivity index (χ0v) is 12.1. The lowest BCUT2D eigenvalue weighted by Gasteiger charge is -2.07. The molecule has 0 bridgehead atoms. The maximum absolute atomic E-state index is 12.8. The van der Waals surface area contributed by atoms with Crippen molar-refractivity contribution in [1.82, 2.24) is 0 Å². The van der Waals surface area contributed by atoms with Crippen LogP contribution in [0.15, 0.2) is 60.7 Å². The lowest BCUT2D eigenvalue weighted by atomic mass is 10.0. The highest BCUT2D eigenvalue weighted by molar-refractivity contribution is 6.14. The van der Waals surface area contributed by atoms with Gasteiger partial charge in [0.15, 0.2) is 11.7 Å². The highest BCUT2D eigenvalue weighted by atomic mass is 19.1. The smallest absolute Gasteiger partial charge is 0.249 e. The van der Waals surface area contributed by atoms with Crippen molar-refractivity contribution < 1.29 is 14.0 Å². The van der Waals surface area contributed by atoms with Crippen LogP contribution in [0.1, 0.15) is 5.56 Å². The van der Waals surface area contributed by atoms with Crippen LogP contribution >= 0.6 is 0 Å². The molecule has 1 atom stereocenters. The first-order valence-electron chi connectivity index (χ1n) is 6.83. The van der Waals surface area contributed by atoms with Gasteiger partial charge in [-0.25, -0.2) is 4.39 Å². The molecule has 114 valence electrons. The van der Waals surface area contributed by atoms with Gasteiger partial charge in [0, 0.05) is 5.69 Å². The predicted octanol–water partition coefficient (Wildman–Crippen LogP) is 3.19. The van der Waals surface area contributed by atoms with E-state index in [1.54, 1.807) is 36.4 Å². The van der Waals surface area contributed by atoms with Crippen LogP contribution in [-0.2, 0) is 9.59 Å². The molecule has 5 heteroatoms. The van der Waals surface area contributed by atoms with Crippen LogP contribution in [0, 0.1) is 23.1 Å². The van der Waals surface area contributed by atoms with Crippen LogP contribution in [0.5, 0.6) is 0 Å². The standard InChI is InChI=1S/C18H13FN2O2/c19-14-9-6-13(7-10-14)8-11-17(22)16(12-20)18(23)21-15-4-2-1-3-5-15/h1-11,16H,(H,21,23)/b11-8+/t16-/m0/s1. The Morgan fingerprint density at radius 1 is 1.09 bits per heavy atom. The van der Waals surface area contributed by atoms with Crippen LogP contribution in [0.3, 0.4) is 0 Å². The van der Waals surface area contributed by atoms with Crippen LogP contribution < -0.4 is 5.32 Å². The molecule has 0 saturated carbocycles. The molecule has 0 aromatic heterocycles. The summed E-state index contributed by atoms with van der Waals surface area (Å²) in [5.74, 6) is -3.14. The number of para-hydroxylation sites is 1. The van der Waals surface area contributed by atoms with Crippen molar-refractivity contribution in [1.29, 1.82) is 5.26 Å². The number of nitrogens with one attached hydrogen (secondary N) is 1. The minimum atomic E-state index is -1.44. The first-order chi connectivity index (χ1) is 11.1. The average Bonchev–Trinajstić information content (AvgIpc) is 2.56. The van der Waals surface area contributed by atoms with Gasteiger partial charge in [0.2, 0.25) is 5.91 Å². The summed E-state index contributed by atoms with van der Waals surface area (Å²) in [6.07, 6.45) is 2.58. The van der Waals surface area contributed by atoms with E-state index < -0.39 is 17.6 Å². The first-order valence-corrected chi connectivity index (χ1v) is 6.83. The number of hydrogen-bond donors (Lipinski definition) is 1. The highest BCUT2D eigenvalue weighted by Crippen LogP contribution is 2.10. The predicted molar refractivity (Wildman–Crippen MR) is 84.6 cm³/mol. The highest BCUT2D eigenvalue weighted by Gasteiger charge is 2.24. The van der Waals surface area contributed by atoms with E-state index in [-0.39, 0.29) is 5.82 Å². The quantitative estimate of drug-likeness (QED) is 0.681. The molecule has 0 saturated heterocycles. The van der Waals surface area contributed by atoms with Gasteiger partial charge in [-0.1, -0.05) is 36.4 Å². The molecule has 0 heterocycles. The van der Waals surface area contributed by atoms with Crippen LogP contribution in [-0.4, -0.2) is 11.7 Å². The molecule has 0 aliphatic rings. The van der Waals surface area contributed by atoms with Gasteiger partial charge in [-0.05, 0) is 35.9 Å². The minimum absolute atomic E-state index is 0.384. The number of amides is 1. The average molecular weight is 308 g/mol. The third-order valence-corrected chi connectivity index (χ3v) is 3.03. The summed E-state index contributed by atoms with van der Waals surface area (Å²) in [5.41, 5.74) is 1.10. The van der Waals surface area contributed by atoms with Crippen molar-refractivity contribution in [3.05, 3.63) is 72.1 Å². The zero-order valence-electron chi connectivity index (χ0n) is 12.1. The third kappa shape index (κ3) is 4.61. The van der Waals surface area contributed by atoms with Gasteiger partial charge in [0.1, 0.15) is 5.82 Å². The molecule has 0 spiro atoms. The number of nitrogens with zero attached hydrogens (tertiary/aromatic N) is 1. The second-order valence-corrected chi connectivity index (χ2v) is 4.70. The maximum Gasteiger partial charge on any atom is 0.249 e. The Hall–Kier alpha value is -3.26. The lowest BCUT2D eigenvalue weighted by Crippen LogP contribution is -2.27. The number of allylic oxidation sites excluding steroid dienone is 1. The number of halogens is 1. The van der Waals surface area contributed by atoms with E-state index in [1.165, 1.54) is 30.3 Å². The second-order valence-electron chi connectivity index (χ2n) is 4.70. The van der Waals surface area contributed by atoms with Gasteiger partial charge in [-0.2, -0.15) is 5.26 Å². The Morgan fingerprint density at radius 3 is 2.35 bits per heavy atom. The van der Waals surface area contributed by atoms with Gasteiger partial charge < -0.3 is 5.32 Å². The van der Waals surface area contributed by atoms with E-state index in [4.69, 9.17) is 5.26 Å². The summed E-state index contributed by atoms with van der Waals surface area (Å²) < 4.78 is 12.8. The van der Waals surface area contributed by atoms with E-state index in [9.17, 15) is 14.0 Å². The molecular weight excluding hydrogens is 295 g/mol.